The summed E-state index contributed by atoms with van der Waals surface area (Å²) in [5.41, 5.74) is 7.15. The molecule has 4 nitrogen and oxygen atoms in total. The number of halogens is 1. The molecule has 1 aromatic heterocycles. The lowest BCUT2D eigenvalue weighted by Crippen LogP contribution is -2.22. The second kappa shape index (κ2) is 5.80. The van der Waals surface area contributed by atoms with E-state index in [2.05, 4.69) is 0 Å². The molecule has 0 saturated carbocycles. The summed E-state index contributed by atoms with van der Waals surface area (Å²) in [6.07, 6.45) is 1.60. The van der Waals surface area contributed by atoms with E-state index in [9.17, 15) is 4.79 Å². The van der Waals surface area contributed by atoms with Crippen LogP contribution < -0.4 is 16.0 Å². The predicted octanol–water partition coefficient (Wildman–Crippen LogP) is 2.47. The van der Waals surface area contributed by atoms with E-state index in [-0.39, 0.29) is 5.56 Å². The fourth-order valence-corrected chi connectivity index (χ4v) is 1.99. The molecule has 0 atom stereocenters. The van der Waals surface area contributed by atoms with Gasteiger partial charge >= 0.3 is 0 Å². The Labute approximate surface area is 116 Å². The summed E-state index contributed by atoms with van der Waals surface area (Å²) in [6.45, 7) is 2.74. The van der Waals surface area contributed by atoms with Crippen molar-refractivity contribution in [3.05, 3.63) is 57.5 Å². The number of benzene rings is 1. The van der Waals surface area contributed by atoms with E-state index in [0.29, 0.717) is 29.6 Å². The van der Waals surface area contributed by atoms with Crippen molar-refractivity contribution >= 4 is 17.3 Å². The highest BCUT2D eigenvalue weighted by molar-refractivity contribution is 6.32. The molecule has 2 rings (SSSR count). The SMILES string of the molecule is Cc1ccc(OCCn2cc(N)ccc2=O)c(Cl)c1. The standard InChI is InChI=1S/C14H15ClN2O2/c1-10-2-4-13(12(15)8-10)19-7-6-17-9-11(16)3-5-14(17)18/h2-5,8-9H,6-7,16H2,1H3. The fraction of sp³-hybridized carbons (Fsp3) is 0.214. The van der Waals surface area contributed by atoms with Gasteiger partial charge in [-0.15, -0.1) is 0 Å². The van der Waals surface area contributed by atoms with Crippen LogP contribution in [-0.4, -0.2) is 11.2 Å². The molecular formula is C14H15ClN2O2. The number of hydrogen-bond donors (Lipinski definition) is 1. The number of nitrogens with zero attached hydrogens (tertiary/aromatic N) is 1. The summed E-state index contributed by atoms with van der Waals surface area (Å²) >= 11 is 6.05. The van der Waals surface area contributed by atoms with Crippen LogP contribution in [0.4, 0.5) is 5.69 Å². The van der Waals surface area contributed by atoms with E-state index >= 15 is 0 Å². The van der Waals surface area contributed by atoms with Crippen LogP contribution in [0.3, 0.4) is 0 Å². The van der Waals surface area contributed by atoms with Crippen LogP contribution in [0.5, 0.6) is 5.75 Å². The van der Waals surface area contributed by atoms with Crippen LogP contribution in [0.25, 0.3) is 0 Å². The molecule has 0 bridgehead atoms. The smallest absolute Gasteiger partial charge is 0.250 e. The van der Waals surface area contributed by atoms with E-state index in [4.69, 9.17) is 22.1 Å². The molecule has 0 amide bonds. The zero-order chi connectivity index (χ0) is 13.8. The number of rotatable bonds is 4. The van der Waals surface area contributed by atoms with Gasteiger partial charge in [0.1, 0.15) is 12.4 Å². The van der Waals surface area contributed by atoms with Crippen molar-refractivity contribution in [1.29, 1.82) is 0 Å². The van der Waals surface area contributed by atoms with Gasteiger partial charge < -0.3 is 15.0 Å². The van der Waals surface area contributed by atoms with Gasteiger partial charge in [-0.1, -0.05) is 17.7 Å². The predicted molar refractivity (Wildman–Crippen MR) is 76.8 cm³/mol. The first-order chi connectivity index (χ1) is 9.06. The second-order valence-corrected chi connectivity index (χ2v) is 4.68. The lowest BCUT2D eigenvalue weighted by atomic mass is 10.2. The molecule has 0 aliphatic carbocycles. The molecule has 5 heteroatoms. The Kier molecular flexibility index (Phi) is 4.12. The largest absolute Gasteiger partial charge is 0.490 e. The van der Waals surface area contributed by atoms with E-state index in [1.165, 1.54) is 10.6 Å². The molecular weight excluding hydrogens is 264 g/mol. The Morgan fingerprint density at radius 1 is 1.32 bits per heavy atom. The molecule has 0 fully saturated rings. The monoisotopic (exact) mass is 278 g/mol. The third-order valence-corrected chi connectivity index (χ3v) is 2.98. The van der Waals surface area contributed by atoms with Crippen LogP contribution in [-0.2, 0) is 6.54 Å². The van der Waals surface area contributed by atoms with E-state index in [1.54, 1.807) is 12.3 Å². The normalized spacial score (nSPS) is 10.4. The van der Waals surface area contributed by atoms with Crippen molar-refractivity contribution in [1.82, 2.24) is 4.57 Å². The Hall–Kier alpha value is -1.94. The first kappa shape index (κ1) is 13.5. The van der Waals surface area contributed by atoms with Crippen LogP contribution in [0.1, 0.15) is 5.56 Å². The molecule has 0 unspecified atom stereocenters. The Bertz CT molecular complexity index is 638. The van der Waals surface area contributed by atoms with Gasteiger partial charge in [-0.3, -0.25) is 4.79 Å². The van der Waals surface area contributed by atoms with Crippen LogP contribution in [0.2, 0.25) is 5.02 Å². The Morgan fingerprint density at radius 2 is 2.11 bits per heavy atom. The van der Waals surface area contributed by atoms with Crippen molar-refractivity contribution in [2.24, 2.45) is 0 Å². The summed E-state index contributed by atoms with van der Waals surface area (Å²) in [7, 11) is 0. The van der Waals surface area contributed by atoms with Crippen LogP contribution in [0, 0.1) is 6.92 Å². The van der Waals surface area contributed by atoms with Gasteiger partial charge in [-0.25, -0.2) is 0 Å². The molecule has 2 aromatic rings. The molecule has 0 aliphatic rings. The van der Waals surface area contributed by atoms with Crippen LogP contribution in [0.15, 0.2) is 41.3 Å². The van der Waals surface area contributed by atoms with Crippen molar-refractivity contribution < 1.29 is 4.74 Å². The Morgan fingerprint density at radius 3 is 2.84 bits per heavy atom. The highest BCUT2D eigenvalue weighted by atomic mass is 35.5. The van der Waals surface area contributed by atoms with E-state index < -0.39 is 0 Å². The third kappa shape index (κ3) is 3.51. The highest BCUT2D eigenvalue weighted by Gasteiger charge is 2.02. The molecule has 2 N–H and O–H groups in total. The summed E-state index contributed by atoms with van der Waals surface area (Å²) in [5, 5.41) is 0.569. The van der Waals surface area contributed by atoms with Gasteiger partial charge in [-0.2, -0.15) is 0 Å². The summed E-state index contributed by atoms with van der Waals surface area (Å²) in [4.78, 5) is 11.6. The van der Waals surface area contributed by atoms with Gasteiger partial charge in [0, 0.05) is 18.0 Å². The number of pyridine rings is 1. The first-order valence-corrected chi connectivity index (χ1v) is 6.29. The maximum absolute atomic E-state index is 11.6. The number of aryl methyl sites for hydroxylation is 1. The van der Waals surface area contributed by atoms with Gasteiger partial charge in [-0.05, 0) is 30.7 Å². The topological polar surface area (TPSA) is 57.2 Å². The number of anilines is 1. The van der Waals surface area contributed by atoms with E-state index in [0.717, 1.165) is 5.56 Å². The Balaban J connectivity index is 2.00. The highest BCUT2D eigenvalue weighted by Crippen LogP contribution is 2.24. The molecule has 100 valence electrons. The quantitative estimate of drug-likeness (QED) is 0.935. The second-order valence-electron chi connectivity index (χ2n) is 4.28. The van der Waals surface area contributed by atoms with Crippen molar-refractivity contribution in [3.8, 4) is 5.75 Å². The lowest BCUT2D eigenvalue weighted by Gasteiger charge is -2.10. The number of nitrogens with two attached hydrogens (primary N) is 1. The summed E-state index contributed by atoms with van der Waals surface area (Å²) < 4.78 is 7.07. The molecule has 0 saturated heterocycles. The average Bonchev–Trinajstić information content (AvgIpc) is 2.36. The molecule has 1 aromatic carbocycles. The molecule has 0 aliphatic heterocycles. The zero-order valence-electron chi connectivity index (χ0n) is 10.6. The molecule has 0 spiro atoms. The van der Waals surface area contributed by atoms with Crippen molar-refractivity contribution in [2.45, 2.75) is 13.5 Å². The van der Waals surface area contributed by atoms with Crippen molar-refractivity contribution in [3.63, 3.8) is 0 Å². The maximum atomic E-state index is 11.6. The van der Waals surface area contributed by atoms with Gasteiger partial charge in [0.05, 0.1) is 11.6 Å². The first-order valence-electron chi connectivity index (χ1n) is 5.91. The number of aromatic nitrogens is 1. The molecule has 1 heterocycles. The lowest BCUT2D eigenvalue weighted by molar-refractivity contribution is 0.296. The van der Waals surface area contributed by atoms with E-state index in [1.807, 2.05) is 25.1 Å². The molecule has 0 radical (unpaired) electrons. The third-order valence-electron chi connectivity index (χ3n) is 2.68. The minimum absolute atomic E-state index is 0.104. The van der Waals surface area contributed by atoms with Gasteiger partial charge in [0.25, 0.3) is 5.56 Å². The minimum atomic E-state index is -0.104. The maximum Gasteiger partial charge on any atom is 0.250 e. The summed E-state index contributed by atoms with van der Waals surface area (Å²) in [5.74, 6) is 0.615. The number of hydrogen-bond acceptors (Lipinski definition) is 3. The van der Waals surface area contributed by atoms with Crippen molar-refractivity contribution in [2.75, 3.05) is 12.3 Å². The number of ether oxygens (including phenoxy) is 1. The number of nitrogen functional groups attached to an aromatic ring is 1. The van der Waals surface area contributed by atoms with Gasteiger partial charge in [0.15, 0.2) is 0 Å². The fourth-order valence-electron chi connectivity index (χ4n) is 1.70. The molecule has 19 heavy (non-hydrogen) atoms. The minimum Gasteiger partial charge on any atom is -0.490 e. The summed E-state index contributed by atoms with van der Waals surface area (Å²) in [6, 6.07) is 8.60. The zero-order valence-corrected chi connectivity index (χ0v) is 11.4. The average molecular weight is 279 g/mol. The van der Waals surface area contributed by atoms with Crippen LogP contribution >= 0.6 is 11.6 Å². The van der Waals surface area contributed by atoms with Gasteiger partial charge in [0.2, 0.25) is 0 Å².